The van der Waals surface area contributed by atoms with Crippen LogP contribution in [0.5, 0.6) is 0 Å². The molecule has 0 aliphatic heterocycles. The third-order valence-electron chi connectivity index (χ3n) is 2.36. The van der Waals surface area contributed by atoms with Crippen molar-refractivity contribution < 1.29 is 4.79 Å². The van der Waals surface area contributed by atoms with Crippen LogP contribution in [0.25, 0.3) is 0 Å². The molecule has 98 valence electrons. The van der Waals surface area contributed by atoms with Gasteiger partial charge in [0, 0.05) is 13.6 Å². The molecule has 2 nitrogen and oxygen atoms in total. The minimum atomic E-state index is -0.290. The van der Waals surface area contributed by atoms with Gasteiger partial charge >= 0.3 is 0 Å². The zero-order valence-electron chi connectivity index (χ0n) is 9.38. The molecule has 2 rings (SSSR count). The molecule has 1 amide bonds. The lowest BCUT2D eigenvalue weighted by Crippen LogP contribution is -2.13. The zero-order valence-corrected chi connectivity index (χ0v) is 13.8. The van der Waals surface area contributed by atoms with E-state index in [0.29, 0.717) is 26.3 Å². The molecule has 0 fully saturated rings. The van der Waals surface area contributed by atoms with Gasteiger partial charge in [-0.2, -0.15) is 0 Å². The Balaban J connectivity index is 2.25. The van der Waals surface area contributed by atoms with Crippen molar-refractivity contribution in [1.82, 2.24) is 0 Å². The molecule has 0 radical (unpaired) electrons. The van der Waals surface area contributed by atoms with Crippen molar-refractivity contribution in [3.8, 4) is 0 Å². The maximum Gasteiger partial charge on any atom is 0.257 e. The Morgan fingerprint density at radius 1 is 1.00 bits per heavy atom. The fraction of sp³-hybridized carbons (Fsp3) is 0. The van der Waals surface area contributed by atoms with Crippen LogP contribution in [-0.2, 0) is 0 Å². The van der Waals surface area contributed by atoms with Gasteiger partial charge in [0.1, 0.15) is 0 Å². The van der Waals surface area contributed by atoms with E-state index in [1.165, 1.54) is 6.07 Å². The van der Waals surface area contributed by atoms with E-state index in [9.17, 15) is 4.79 Å². The summed E-state index contributed by atoms with van der Waals surface area (Å²) < 4.78 is 0.850. The summed E-state index contributed by atoms with van der Waals surface area (Å²) in [4.78, 5) is 12.1. The summed E-state index contributed by atoms with van der Waals surface area (Å²) in [5, 5.41) is 4.20. The largest absolute Gasteiger partial charge is 0.321 e. The lowest BCUT2D eigenvalue weighted by molar-refractivity contribution is 0.102. The maximum atomic E-state index is 12.1. The number of carbonyl (C=O) groups is 1. The topological polar surface area (TPSA) is 29.1 Å². The monoisotopic (exact) mass is 425 g/mol. The number of halogens is 4. The minimum Gasteiger partial charge on any atom is -0.321 e. The molecule has 0 aliphatic carbocycles. The van der Waals surface area contributed by atoms with Crippen molar-refractivity contribution in [2.75, 3.05) is 5.32 Å². The van der Waals surface area contributed by atoms with Crippen LogP contribution < -0.4 is 5.32 Å². The number of benzene rings is 2. The van der Waals surface area contributed by atoms with Crippen molar-refractivity contribution in [2.45, 2.75) is 0 Å². The van der Waals surface area contributed by atoms with Gasteiger partial charge in [-0.1, -0.05) is 34.8 Å². The van der Waals surface area contributed by atoms with Crippen molar-refractivity contribution >= 4 is 69.0 Å². The number of nitrogens with one attached hydrogen (secondary N) is 1. The molecule has 0 unspecified atom stereocenters. The van der Waals surface area contributed by atoms with Crippen molar-refractivity contribution in [2.24, 2.45) is 0 Å². The molecule has 19 heavy (non-hydrogen) atoms. The summed E-state index contributed by atoms with van der Waals surface area (Å²) in [5.74, 6) is -0.290. The highest BCUT2D eigenvalue weighted by Gasteiger charge is 2.12. The molecule has 0 spiro atoms. The second-order valence-corrected chi connectivity index (χ2v) is 6.14. The first-order valence-electron chi connectivity index (χ1n) is 5.19. The van der Waals surface area contributed by atoms with E-state index in [1.54, 1.807) is 30.3 Å². The van der Waals surface area contributed by atoms with Crippen LogP contribution in [0.4, 0.5) is 5.69 Å². The number of amides is 1. The Morgan fingerprint density at radius 2 is 1.63 bits per heavy atom. The molecule has 0 bridgehead atoms. The summed E-state index contributed by atoms with van der Waals surface area (Å²) >= 11 is 19.7. The van der Waals surface area contributed by atoms with Gasteiger partial charge in [-0.3, -0.25) is 4.79 Å². The highest BCUT2D eigenvalue weighted by molar-refractivity contribution is 14.1. The van der Waals surface area contributed by atoms with Gasteiger partial charge < -0.3 is 5.32 Å². The second-order valence-electron chi connectivity index (χ2n) is 3.70. The fourth-order valence-corrected chi connectivity index (χ4v) is 2.95. The van der Waals surface area contributed by atoms with Crippen LogP contribution in [0.3, 0.4) is 0 Å². The average molecular weight is 426 g/mol. The standard InChI is InChI=1S/C13H7Cl3INO/c14-7-1-3-9(10(16)5-7)13(19)18-12-4-2-8(15)6-11(12)17/h1-6H,(H,18,19). The van der Waals surface area contributed by atoms with Crippen LogP contribution in [0.2, 0.25) is 15.1 Å². The van der Waals surface area contributed by atoms with Gasteiger partial charge in [0.05, 0.1) is 16.3 Å². The fourth-order valence-electron chi connectivity index (χ4n) is 1.45. The third-order valence-corrected chi connectivity index (χ3v) is 4.03. The molecule has 0 atom stereocenters. The molecule has 0 saturated carbocycles. The molecule has 2 aromatic rings. The summed E-state index contributed by atoms with van der Waals surface area (Å²) in [6.45, 7) is 0. The summed E-state index contributed by atoms with van der Waals surface area (Å²) in [6, 6.07) is 9.96. The lowest BCUT2D eigenvalue weighted by Gasteiger charge is -2.09. The first kappa shape index (κ1) is 14.9. The van der Waals surface area contributed by atoms with Crippen LogP contribution in [0, 0.1) is 3.57 Å². The van der Waals surface area contributed by atoms with E-state index in [1.807, 2.05) is 0 Å². The molecule has 0 heterocycles. The third kappa shape index (κ3) is 3.75. The van der Waals surface area contributed by atoms with E-state index in [0.717, 1.165) is 3.57 Å². The van der Waals surface area contributed by atoms with Crippen LogP contribution in [-0.4, -0.2) is 5.91 Å². The predicted octanol–water partition coefficient (Wildman–Crippen LogP) is 5.50. The molecule has 6 heteroatoms. The maximum absolute atomic E-state index is 12.1. The van der Waals surface area contributed by atoms with E-state index >= 15 is 0 Å². The SMILES string of the molecule is O=C(Nc1ccc(Cl)cc1I)c1ccc(Cl)cc1Cl. The first-order chi connectivity index (χ1) is 8.97. The summed E-state index contributed by atoms with van der Waals surface area (Å²) in [6.07, 6.45) is 0. The van der Waals surface area contributed by atoms with Crippen molar-refractivity contribution in [3.63, 3.8) is 0 Å². The van der Waals surface area contributed by atoms with Gasteiger partial charge in [0.15, 0.2) is 0 Å². The van der Waals surface area contributed by atoms with E-state index in [2.05, 4.69) is 27.9 Å². The van der Waals surface area contributed by atoms with Gasteiger partial charge in [0.2, 0.25) is 0 Å². The normalized spacial score (nSPS) is 10.3. The Hall–Kier alpha value is -0.490. The Labute approximate surface area is 139 Å². The lowest BCUT2D eigenvalue weighted by atomic mass is 10.2. The molecule has 0 saturated heterocycles. The molecule has 1 N–H and O–H groups in total. The van der Waals surface area contributed by atoms with Crippen LogP contribution in [0.1, 0.15) is 10.4 Å². The van der Waals surface area contributed by atoms with Gasteiger partial charge in [-0.25, -0.2) is 0 Å². The summed E-state index contributed by atoms with van der Waals surface area (Å²) in [7, 11) is 0. The number of rotatable bonds is 2. The van der Waals surface area contributed by atoms with E-state index < -0.39 is 0 Å². The number of anilines is 1. The minimum absolute atomic E-state index is 0.290. The highest BCUT2D eigenvalue weighted by atomic mass is 127. The number of carbonyl (C=O) groups excluding carboxylic acids is 1. The molecule has 0 aliphatic rings. The molecular formula is C13H7Cl3INO. The van der Waals surface area contributed by atoms with Gasteiger partial charge in [0.25, 0.3) is 5.91 Å². The van der Waals surface area contributed by atoms with Crippen molar-refractivity contribution in [3.05, 3.63) is 60.6 Å². The van der Waals surface area contributed by atoms with E-state index in [-0.39, 0.29) is 5.91 Å². The molecule has 0 aromatic heterocycles. The number of hydrogen-bond donors (Lipinski definition) is 1. The Morgan fingerprint density at radius 3 is 2.26 bits per heavy atom. The zero-order chi connectivity index (χ0) is 14.0. The highest BCUT2D eigenvalue weighted by Crippen LogP contribution is 2.25. The van der Waals surface area contributed by atoms with E-state index in [4.69, 9.17) is 34.8 Å². The predicted molar refractivity (Wildman–Crippen MR) is 88.6 cm³/mol. The smallest absolute Gasteiger partial charge is 0.257 e. The quantitative estimate of drug-likeness (QED) is 0.631. The molecular weight excluding hydrogens is 419 g/mol. The van der Waals surface area contributed by atoms with Gasteiger partial charge in [-0.05, 0) is 59.0 Å². The number of hydrogen-bond acceptors (Lipinski definition) is 1. The van der Waals surface area contributed by atoms with Crippen LogP contribution in [0.15, 0.2) is 36.4 Å². The Kier molecular flexibility index (Phi) is 4.95. The summed E-state index contributed by atoms with van der Waals surface area (Å²) in [5.41, 5.74) is 1.05. The van der Waals surface area contributed by atoms with Crippen molar-refractivity contribution in [1.29, 1.82) is 0 Å². The van der Waals surface area contributed by atoms with Gasteiger partial charge in [-0.15, -0.1) is 0 Å². The second kappa shape index (κ2) is 6.31. The molecule has 2 aromatic carbocycles. The first-order valence-corrected chi connectivity index (χ1v) is 7.40. The Bertz CT molecular complexity index is 646. The average Bonchev–Trinajstić information content (AvgIpc) is 2.32. The van der Waals surface area contributed by atoms with Crippen LogP contribution >= 0.6 is 57.4 Å².